The second kappa shape index (κ2) is 9.25. The monoisotopic (exact) mass is 374 g/mol. The largest absolute Gasteiger partial charge is 0.489 e. The molecule has 2 rings (SSSR count). The van der Waals surface area contributed by atoms with E-state index in [0.717, 1.165) is 0 Å². The number of hydrogen-bond acceptors (Lipinski definition) is 3. The summed E-state index contributed by atoms with van der Waals surface area (Å²) in [4.78, 5) is 25.9. The van der Waals surface area contributed by atoms with Crippen molar-refractivity contribution in [1.82, 2.24) is 0 Å². The van der Waals surface area contributed by atoms with Crippen molar-refractivity contribution in [3.05, 3.63) is 53.6 Å². The third-order valence-corrected chi connectivity index (χ3v) is 3.84. The lowest BCUT2D eigenvalue weighted by atomic mass is 10.2. The Labute approximate surface area is 158 Å². The van der Waals surface area contributed by atoms with E-state index in [-0.39, 0.29) is 30.9 Å². The molecule has 0 aliphatic heterocycles. The highest BCUT2D eigenvalue weighted by molar-refractivity contribution is 6.30. The Bertz CT molecular complexity index is 760. The van der Waals surface area contributed by atoms with E-state index >= 15 is 0 Å². The van der Waals surface area contributed by atoms with Crippen LogP contribution in [0.2, 0.25) is 5.02 Å². The number of nitrogens with zero attached hydrogens (tertiary/aromatic N) is 1. The van der Waals surface area contributed by atoms with Gasteiger partial charge in [-0.05, 0) is 50.2 Å². The molecule has 2 aromatic rings. The minimum atomic E-state index is -0.180. The van der Waals surface area contributed by atoms with E-state index in [1.54, 1.807) is 29.2 Å². The molecule has 2 aromatic carbocycles. The number of rotatable bonds is 7. The highest BCUT2D eigenvalue weighted by Gasteiger charge is 2.18. The third kappa shape index (κ3) is 5.77. The first kappa shape index (κ1) is 19.8. The molecular formula is C20H23ClN2O3. The topological polar surface area (TPSA) is 58.6 Å². The summed E-state index contributed by atoms with van der Waals surface area (Å²) in [6.45, 7) is 5.58. The molecule has 0 aromatic heterocycles. The van der Waals surface area contributed by atoms with Crippen LogP contribution in [0.3, 0.4) is 0 Å². The Morgan fingerprint density at radius 3 is 2.38 bits per heavy atom. The fourth-order valence-corrected chi connectivity index (χ4v) is 2.58. The molecule has 0 spiro atoms. The molecule has 0 unspecified atom stereocenters. The molecule has 0 radical (unpaired) electrons. The maximum atomic E-state index is 12.2. The first-order valence-corrected chi connectivity index (χ1v) is 8.84. The van der Waals surface area contributed by atoms with Gasteiger partial charge in [-0.3, -0.25) is 9.59 Å². The van der Waals surface area contributed by atoms with Crippen LogP contribution >= 0.6 is 11.6 Å². The number of ether oxygens (including phenoxy) is 1. The summed E-state index contributed by atoms with van der Waals surface area (Å²) in [7, 11) is 0. The van der Waals surface area contributed by atoms with Crippen molar-refractivity contribution in [3.63, 3.8) is 0 Å². The smallest absolute Gasteiger partial charge is 0.226 e. The zero-order valence-corrected chi connectivity index (χ0v) is 15.9. The van der Waals surface area contributed by atoms with Gasteiger partial charge in [-0.15, -0.1) is 0 Å². The molecule has 5 nitrogen and oxygen atoms in total. The second-order valence-corrected chi connectivity index (χ2v) is 6.55. The van der Waals surface area contributed by atoms with Crippen LogP contribution in [0.1, 0.15) is 27.2 Å². The Kier molecular flexibility index (Phi) is 7.04. The maximum absolute atomic E-state index is 12.2. The fraction of sp³-hybridized carbons (Fsp3) is 0.300. The number of para-hydroxylation sites is 2. The molecule has 0 aliphatic rings. The number of carbonyl (C=O) groups excluding carboxylic acids is 2. The van der Waals surface area contributed by atoms with Crippen molar-refractivity contribution in [2.75, 3.05) is 16.8 Å². The van der Waals surface area contributed by atoms with Crippen LogP contribution in [0.4, 0.5) is 11.4 Å². The van der Waals surface area contributed by atoms with Gasteiger partial charge in [0.2, 0.25) is 11.8 Å². The number of benzene rings is 2. The molecule has 0 aliphatic carbocycles. The van der Waals surface area contributed by atoms with Gasteiger partial charge >= 0.3 is 0 Å². The quantitative estimate of drug-likeness (QED) is 0.775. The summed E-state index contributed by atoms with van der Waals surface area (Å²) in [5, 5.41) is 3.40. The summed E-state index contributed by atoms with van der Waals surface area (Å²) in [5.41, 5.74) is 1.32. The highest BCUT2D eigenvalue weighted by atomic mass is 35.5. The SMILES string of the molecule is CC(=O)N(CCC(=O)Nc1ccc(Cl)cc1)c1ccccc1OC(C)C. The zero-order valence-electron chi connectivity index (χ0n) is 15.2. The van der Waals surface area contributed by atoms with E-state index in [1.807, 2.05) is 38.1 Å². The Morgan fingerprint density at radius 2 is 1.77 bits per heavy atom. The predicted molar refractivity (Wildman–Crippen MR) is 105 cm³/mol. The molecule has 0 saturated carbocycles. The molecule has 0 fully saturated rings. The van der Waals surface area contributed by atoms with Crippen LogP contribution in [0.5, 0.6) is 5.75 Å². The molecule has 2 amide bonds. The van der Waals surface area contributed by atoms with Crippen molar-refractivity contribution in [1.29, 1.82) is 0 Å². The molecule has 26 heavy (non-hydrogen) atoms. The van der Waals surface area contributed by atoms with Crippen molar-refractivity contribution in [2.24, 2.45) is 0 Å². The highest BCUT2D eigenvalue weighted by Crippen LogP contribution is 2.29. The van der Waals surface area contributed by atoms with E-state index in [4.69, 9.17) is 16.3 Å². The average Bonchev–Trinajstić information content (AvgIpc) is 2.58. The van der Waals surface area contributed by atoms with E-state index in [2.05, 4.69) is 5.32 Å². The molecule has 0 saturated heterocycles. The van der Waals surface area contributed by atoms with Crippen molar-refractivity contribution in [3.8, 4) is 5.75 Å². The lowest BCUT2D eigenvalue weighted by Gasteiger charge is -2.24. The van der Waals surface area contributed by atoms with E-state index in [9.17, 15) is 9.59 Å². The number of halogens is 1. The standard InChI is InChI=1S/C20H23ClN2O3/c1-14(2)26-19-7-5-4-6-18(19)23(15(3)24)13-12-20(25)22-17-10-8-16(21)9-11-17/h4-11,14H,12-13H2,1-3H3,(H,22,25). The molecule has 1 N–H and O–H groups in total. The van der Waals surface area contributed by atoms with Crippen LogP contribution in [-0.2, 0) is 9.59 Å². The Hall–Kier alpha value is -2.53. The van der Waals surface area contributed by atoms with Crippen LogP contribution in [0.25, 0.3) is 0 Å². The Morgan fingerprint density at radius 1 is 1.12 bits per heavy atom. The van der Waals surface area contributed by atoms with Gasteiger partial charge in [0.15, 0.2) is 0 Å². The third-order valence-electron chi connectivity index (χ3n) is 3.59. The summed E-state index contributed by atoms with van der Waals surface area (Å²) < 4.78 is 5.78. The number of carbonyl (C=O) groups is 2. The lowest BCUT2D eigenvalue weighted by molar-refractivity contribution is -0.117. The molecule has 0 atom stereocenters. The minimum absolute atomic E-state index is 0.0156. The van der Waals surface area contributed by atoms with E-state index in [0.29, 0.717) is 22.1 Å². The average molecular weight is 375 g/mol. The molecule has 6 heteroatoms. The maximum Gasteiger partial charge on any atom is 0.226 e. The van der Waals surface area contributed by atoms with Gasteiger partial charge in [0.1, 0.15) is 5.75 Å². The molecular weight excluding hydrogens is 352 g/mol. The van der Waals surface area contributed by atoms with Gasteiger partial charge in [0.05, 0.1) is 11.8 Å². The second-order valence-electron chi connectivity index (χ2n) is 6.11. The summed E-state index contributed by atoms with van der Waals surface area (Å²) in [6, 6.07) is 14.2. The fourth-order valence-electron chi connectivity index (χ4n) is 2.45. The zero-order chi connectivity index (χ0) is 19.1. The van der Waals surface area contributed by atoms with Crippen LogP contribution in [-0.4, -0.2) is 24.5 Å². The first-order valence-electron chi connectivity index (χ1n) is 8.46. The first-order chi connectivity index (χ1) is 12.4. The van der Waals surface area contributed by atoms with E-state index < -0.39 is 0 Å². The van der Waals surface area contributed by atoms with Crippen LogP contribution in [0, 0.1) is 0 Å². The minimum Gasteiger partial charge on any atom is -0.489 e. The predicted octanol–water partition coefficient (Wildman–Crippen LogP) is 4.51. The van der Waals surface area contributed by atoms with Gasteiger partial charge in [0, 0.05) is 30.6 Å². The van der Waals surface area contributed by atoms with Crippen LogP contribution in [0.15, 0.2) is 48.5 Å². The normalized spacial score (nSPS) is 10.5. The number of nitrogens with one attached hydrogen (secondary N) is 1. The molecule has 0 bridgehead atoms. The van der Waals surface area contributed by atoms with Crippen molar-refractivity contribution >= 4 is 34.8 Å². The summed E-state index contributed by atoms with van der Waals surface area (Å²) in [5.74, 6) is 0.292. The van der Waals surface area contributed by atoms with Crippen molar-refractivity contribution in [2.45, 2.75) is 33.3 Å². The summed E-state index contributed by atoms with van der Waals surface area (Å²) in [6.07, 6.45) is 0.149. The number of amides is 2. The number of hydrogen-bond donors (Lipinski definition) is 1. The lowest BCUT2D eigenvalue weighted by Crippen LogP contribution is -2.32. The van der Waals surface area contributed by atoms with Gasteiger partial charge in [-0.25, -0.2) is 0 Å². The van der Waals surface area contributed by atoms with Gasteiger partial charge in [0.25, 0.3) is 0 Å². The van der Waals surface area contributed by atoms with Gasteiger partial charge < -0.3 is 15.0 Å². The van der Waals surface area contributed by atoms with Gasteiger partial charge in [-0.2, -0.15) is 0 Å². The number of anilines is 2. The van der Waals surface area contributed by atoms with Crippen molar-refractivity contribution < 1.29 is 14.3 Å². The molecule has 0 heterocycles. The van der Waals surface area contributed by atoms with Gasteiger partial charge in [-0.1, -0.05) is 23.7 Å². The Balaban J connectivity index is 2.06. The summed E-state index contributed by atoms with van der Waals surface area (Å²) >= 11 is 5.84. The molecule has 138 valence electrons. The van der Waals surface area contributed by atoms with Crippen LogP contribution < -0.4 is 15.0 Å². The van der Waals surface area contributed by atoms with E-state index in [1.165, 1.54) is 6.92 Å².